The molecule has 0 aliphatic heterocycles. The Morgan fingerprint density at radius 3 is 1.32 bits per heavy atom. The number of hydrogen-bond donors (Lipinski definition) is 2. The normalized spacial score (nSPS) is 35.6. The second-order valence-electron chi connectivity index (χ2n) is 12.8. The maximum absolute atomic E-state index is 13.4. The second kappa shape index (κ2) is 8.19. The molecule has 8 nitrogen and oxygen atoms in total. The van der Waals surface area contributed by atoms with E-state index < -0.39 is 53.4 Å². The molecule has 206 valence electrons. The van der Waals surface area contributed by atoms with Gasteiger partial charge in [-0.2, -0.15) is 16.8 Å². The summed E-state index contributed by atoms with van der Waals surface area (Å²) in [5.74, 6) is -1.80. The molecule has 4 fully saturated rings. The average Bonchev–Trinajstić information content (AvgIpc) is 3.27. The van der Waals surface area contributed by atoms with Crippen molar-refractivity contribution < 1.29 is 35.5 Å². The van der Waals surface area contributed by atoms with Crippen LogP contribution in [0.15, 0.2) is 35.4 Å². The molecule has 0 heterocycles. The van der Waals surface area contributed by atoms with Crippen LogP contribution in [0.3, 0.4) is 0 Å². The Balaban J connectivity index is 1.44. The van der Waals surface area contributed by atoms with Gasteiger partial charge in [0, 0.05) is 11.1 Å². The maximum Gasteiger partial charge on any atom is 0.265 e. The van der Waals surface area contributed by atoms with Crippen LogP contribution in [0.4, 0.5) is 0 Å². The van der Waals surface area contributed by atoms with Gasteiger partial charge in [0.15, 0.2) is 11.6 Å². The van der Waals surface area contributed by atoms with Crippen molar-refractivity contribution in [2.75, 3.05) is 11.5 Å². The third kappa shape index (κ3) is 3.82. The zero-order valence-electron chi connectivity index (χ0n) is 22.0. The fourth-order valence-electron chi connectivity index (χ4n) is 8.23. The minimum atomic E-state index is -4.33. The molecule has 1 aromatic carbocycles. The quantitative estimate of drug-likeness (QED) is 0.387. The highest BCUT2D eigenvalue weighted by Crippen LogP contribution is 2.67. The Morgan fingerprint density at radius 1 is 0.711 bits per heavy atom. The van der Waals surface area contributed by atoms with Gasteiger partial charge in [0.1, 0.15) is 0 Å². The topological polar surface area (TPSA) is 143 Å². The molecular weight excluding hydrogens is 528 g/mol. The van der Waals surface area contributed by atoms with Crippen molar-refractivity contribution in [3.05, 3.63) is 46.5 Å². The van der Waals surface area contributed by atoms with Gasteiger partial charge in [-0.15, -0.1) is 0 Å². The smallest absolute Gasteiger partial charge is 0.265 e. The molecule has 4 atom stereocenters. The van der Waals surface area contributed by atoms with E-state index in [1.165, 1.54) is 0 Å². The molecular formula is C28H34O8S2. The number of fused-ring (bicyclic) bond motifs is 4. The summed E-state index contributed by atoms with van der Waals surface area (Å²) >= 11 is 0. The molecule has 0 saturated heterocycles. The summed E-state index contributed by atoms with van der Waals surface area (Å²) in [5, 5.41) is 0. The van der Waals surface area contributed by atoms with Gasteiger partial charge < -0.3 is 0 Å². The second-order valence-corrected chi connectivity index (χ2v) is 15.7. The molecule has 0 spiro atoms. The summed E-state index contributed by atoms with van der Waals surface area (Å²) in [7, 11) is -8.66. The summed E-state index contributed by atoms with van der Waals surface area (Å²) in [6.07, 6.45) is 5.80. The Hall–Kier alpha value is -2.14. The highest BCUT2D eigenvalue weighted by Gasteiger charge is 2.68. The van der Waals surface area contributed by atoms with Crippen LogP contribution in [0.5, 0.6) is 0 Å². The van der Waals surface area contributed by atoms with Crippen molar-refractivity contribution in [3.63, 3.8) is 0 Å². The van der Waals surface area contributed by atoms with Gasteiger partial charge in [0.2, 0.25) is 0 Å². The Bertz CT molecular complexity index is 1400. The van der Waals surface area contributed by atoms with Crippen LogP contribution in [0.2, 0.25) is 0 Å². The van der Waals surface area contributed by atoms with Crippen LogP contribution in [-0.2, 0) is 29.8 Å². The number of allylic oxidation sites excluding steroid dienone is 2. The minimum absolute atomic E-state index is 0.105. The summed E-state index contributed by atoms with van der Waals surface area (Å²) in [6, 6.07) is 7.33. The predicted molar refractivity (Wildman–Crippen MR) is 143 cm³/mol. The largest absolute Gasteiger partial charge is 0.294 e. The first-order chi connectivity index (χ1) is 17.3. The molecule has 4 aliphatic rings. The zero-order chi connectivity index (χ0) is 28.1. The van der Waals surface area contributed by atoms with Crippen molar-refractivity contribution in [1.82, 2.24) is 0 Å². The minimum Gasteiger partial charge on any atom is -0.294 e. The summed E-state index contributed by atoms with van der Waals surface area (Å²) in [5.41, 5.74) is -0.762. The number of hydrogen-bond acceptors (Lipinski definition) is 6. The number of ketones is 2. The number of carbonyl (C=O) groups excluding carboxylic acids is 2. The van der Waals surface area contributed by atoms with Crippen LogP contribution < -0.4 is 0 Å². The maximum atomic E-state index is 13.4. The lowest BCUT2D eigenvalue weighted by Crippen LogP contribution is -2.42. The van der Waals surface area contributed by atoms with E-state index in [4.69, 9.17) is 0 Å². The summed E-state index contributed by atoms with van der Waals surface area (Å²) < 4.78 is 66.1. The molecule has 0 unspecified atom stereocenters. The highest BCUT2D eigenvalue weighted by molar-refractivity contribution is 7.86. The van der Waals surface area contributed by atoms with Gasteiger partial charge in [-0.25, -0.2) is 0 Å². The lowest BCUT2D eigenvalue weighted by atomic mass is 9.70. The van der Waals surface area contributed by atoms with E-state index in [1.54, 1.807) is 12.2 Å². The van der Waals surface area contributed by atoms with Crippen LogP contribution in [-0.4, -0.2) is 49.0 Å². The fourth-order valence-corrected chi connectivity index (χ4v) is 10.8. The molecule has 5 rings (SSSR count). The average molecular weight is 563 g/mol. The van der Waals surface area contributed by atoms with E-state index in [1.807, 2.05) is 52.0 Å². The third-order valence-corrected chi connectivity index (χ3v) is 12.2. The Labute approximate surface area is 224 Å². The van der Waals surface area contributed by atoms with E-state index in [2.05, 4.69) is 0 Å². The highest BCUT2D eigenvalue weighted by atomic mass is 32.2. The molecule has 2 N–H and O–H groups in total. The number of carbonyl (C=O) groups is 2. The number of Topliss-reactive ketones (excluding diaryl/α,β-unsaturated/α-hetero) is 2. The van der Waals surface area contributed by atoms with Gasteiger partial charge in [-0.05, 0) is 71.6 Å². The van der Waals surface area contributed by atoms with Crippen molar-refractivity contribution in [2.45, 2.75) is 53.4 Å². The van der Waals surface area contributed by atoms with E-state index in [9.17, 15) is 35.5 Å². The lowest BCUT2D eigenvalue weighted by Gasteiger charge is -2.34. The zero-order valence-corrected chi connectivity index (χ0v) is 23.7. The standard InChI is InChI=1S/C28H34O8S2/c1-25(2)21-9-11-27(25,15-37(31,32)33)23(29)19(21)13-17-5-7-18(8-6-17)14-20-22-10-12-28(24(20)30,26(22,3)4)16-38(34,35)36/h5-8,13-14,21-22H,9-12,15-16H2,1-4H3,(H,31,32,33)(H,34,35,36)/b19-13-,20-14+/t21-,22-,27+,28-/m0/s1. The van der Waals surface area contributed by atoms with E-state index in [0.717, 1.165) is 11.1 Å². The van der Waals surface area contributed by atoms with Crippen molar-refractivity contribution in [3.8, 4) is 0 Å². The third-order valence-electron chi connectivity index (χ3n) is 10.5. The summed E-state index contributed by atoms with van der Waals surface area (Å²) in [6.45, 7) is 7.58. The first kappa shape index (κ1) is 27.4. The molecule has 4 bridgehead atoms. The van der Waals surface area contributed by atoms with Gasteiger partial charge in [-0.1, -0.05) is 52.0 Å². The van der Waals surface area contributed by atoms with Crippen molar-refractivity contribution in [2.24, 2.45) is 33.5 Å². The van der Waals surface area contributed by atoms with Crippen LogP contribution in [0.1, 0.15) is 64.5 Å². The number of rotatable bonds is 6. The van der Waals surface area contributed by atoms with Gasteiger partial charge in [0.05, 0.1) is 22.3 Å². The van der Waals surface area contributed by atoms with Crippen LogP contribution in [0.25, 0.3) is 12.2 Å². The molecule has 4 aliphatic carbocycles. The molecule has 38 heavy (non-hydrogen) atoms. The first-order valence-electron chi connectivity index (χ1n) is 12.9. The van der Waals surface area contributed by atoms with Gasteiger partial charge >= 0.3 is 0 Å². The number of benzene rings is 1. The lowest BCUT2D eigenvalue weighted by molar-refractivity contribution is -0.125. The van der Waals surface area contributed by atoms with E-state index in [0.29, 0.717) is 36.8 Å². The van der Waals surface area contributed by atoms with Gasteiger partial charge in [-0.3, -0.25) is 18.7 Å². The monoisotopic (exact) mass is 562 g/mol. The Morgan fingerprint density at radius 2 is 1.03 bits per heavy atom. The fraction of sp³-hybridized carbons (Fsp3) is 0.571. The van der Waals surface area contributed by atoms with Crippen LogP contribution in [0, 0.1) is 33.5 Å². The molecule has 10 heteroatoms. The van der Waals surface area contributed by atoms with Crippen molar-refractivity contribution >= 4 is 44.0 Å². The first-order valence-corrected chi connectivity index (χ1v) is 16.1. The Kier molecular flexibility index (Phi) is 5.91. The molecule has 0 radical (unpaired) electrons. The molecule has 4 saturated carbocycles. The van der Waals surface area contributed by atoms with Crippen LogP contribution >= 0.6 is 0 Å². The van der Waals surface area contributed by atoms with E-state index in [-0.39, 0.29) is 23.4 Å². The molecule has 0 amide bonds. The molecule has 1 aromatic rings. The van der Waals surface area contributed by atoms with E-state index >= 15 is 0 Å². The predicted octanol–water partition coefficient (Wildman–Crippen LogP) is 4.24. The van der Waals surface area contributed by atoms with Crippen molar-refractivity contribution in [1.29, 1.82) is 0 Å². The summed E-state index contributed by atoms with van der Waals surface area (Å²) in [4.78, 5) is 26.9. The van der Waals surface area contributed by atoms with Gasteiger partial charge in [0.25, 0.3) is 20.2 Å². The SMILES string of the molecule is CC1(C)[C@H]2CC[C@@]1(CS(=O)(=O)O)C(=O)/C2=C\c1ccc(/C=C2/C(=O)[C@@]3(CS(=O)(=O)O)CC[C@@H]2C3(C)C)cc1. The molecule has 0 aromatic heterocycles.